The Kier molecular flexibility index (Phi) is 6.58. The number of nitrogens with zero attached hydrogens (tertiary/aromatic N) is 1. The zero-order valence-electron chi connectivity index (χ0n) is 20.5. The number of rotatable bonds is 7. The average molecular weight is 468 g/mol. The van der Waals surface area contributed by atoms with Crippen molar-refractivity contribution in [2.75, 3.05) is 17.2 Å². The topological polar surface area (TPSA) is 61.4 Å². The molecule has 1 aliphatic carbocycles. The number of carbonyl (C=O) groups excluding carboxylic acids is 2. The lowest BCUT2D eigenvalue weighted by atomic mass is 10.0. The smallest absolute Gasteiger partial charge is 0.229 e. The van der Waals surface area contributed by atoms with E-state index in [2.05, 4.69) is 66.9 Å². The molecule has 180 valence electrons. The second-order valence-corrected chi connectivity index (χ2v) is 10.2. The summed E-state index contributed by atoms with van der Waals surface area (Å²) < 4.78 is 0. The lowest BCUT2D eigenvalue weighted by Gasteiger charge is -2.24. The van der Waals surface area contributed by atoms with Crippen molar-refractivity contribution in [3.8, 4) is 0 Å². The van der Waals surface area contributed by atoms with Gasteiger partial charge in [0.1, 0.15) is 0 Å². The van der Waals surface area contributed by atoms with Crippen molar-refractivity contribution in [3.63, 3.8) is 0 Å². The highest BCUT2D eigenvalue weighted by Crippen LogP contribution is 2.31. The number of para-hydroxylation sites is 1. The molecule has 2 amide bonds. The molecule has 1 unspecified atom stereocenters. The number of amides is 2. The Morgan fingerprint density at radius 3 is 2.20 bits per heavy atom. The van der Waals surface area contributed by atoms with Crippen LogP contribution in [0.4, 0.5) is 17.1 Å². The first-order valence-corrected chi connectivity index (χ1v) is 12.6. The Morgan fingerprint density at radius 2 is 1.51 bits per heavy atom. The van der Waals surface area contributed by atoms with Gasteiger partial charge < -0.3 is 15.5 Å². The van der Waals surface area contributed by atoms with Gasteiger partial charge in [0.25, 0.3) is 0 Å². The molecule has 5 rings (SSSR count). The van der Waals surface area contributed by atoms with E-state index >= 15 is 0 Å². The monoisotopic (exact) mass is 467 g/mol. The molecule has 35 heavy (non-hydrogen) atoms. The average Bonchev–Trinajstić information content (AvgIpc) is 3.44. The Balaban J connectivity index is 1.18. The maximum atomic E-state index is 13.0. The molecular weight excluding hydrogens is 434 g/mol. The molecule has 0 aromatic heterocycles. The number of benzene rings is 3. The normalized spacial score (nSPS) is 17.6. The van der Waals surface area contributed by atoms with E-state index in [1.54, 1.807) is 0 Å². The third-order valence-electron chi connectivity index (χ3n) is 7.08. The van der Waals surface area contributed by atoms with Gasteiger partial charge in [-0.3, -0.25) is 9.59 Å². The molecule has 2 aliphatic rings. The summed E-state index contributed by atoms with van der Waals surface area (Å²) in [5.74, 6) is 0.270. The molecular formula is C30H33N3O2. The van der Waals surface area contributed by atoms with Gasteiger partial charge in [0.2, 0.25) is 11.8 Å². The number of carbonyl (C=O) groups is 2. The number of fused-ring (bicyclic) bond motifs is 1. The summed E-state index contributed by atoms with van der Waals surface area (Å²) in [6.07, 6.45) is 3.06. The fraction of sp³-hybridized carbons (Fsp3) is 0.333. The van der Waals surface area contributed by atoms with Crippen LogP contribution in [-0.2, 0) is 28.9 Å². The van der Waals surface area contributed by atoms with Gasteiger partial charge in [0.15, 0.2) is 0 Å². The summed E-state index contributed by atoms with van der Waals surface area (Å²) in [7, 11) is 0. The van der Waals surface area contributed by atoms with Gasteiger partial charge in [-0.25, -0.2) is 0 Å². The van der Waals surface area contributed by atoms with Crippen LogP contribution in [0.1, 0.15) is 37.0 Å². The minimum absolute atomic E-state index is 0.0839. The zero-order valence-corrected chi connectivity index (χ0v) is 20.5. The van der Waals surface area contributed by atoms with Crippen LogP contribution in [-0.4, -0.2) is 29.3 Å². The summed E-state index contributed by atoms with van der Waals surface area (Å²) in [6.45, 7) is 4.94. The maximum Gasteiger partial charge on any atom is 0.229 e. The number of hydrogen-bond acceptors (Lipinski definition) is 3. The van der Waals surface area contributed by atoms with Crippen molar-refractivity contribution >= 4 is 28.9 Å². The van der Waals surface area contributed by atoms with Crippen molar-refractivity contribution in [1.82, 2.24) is 4.90 Å². The molecule has 0 bridgehead atoms. The molecule has 1 saturated heterocycles. The number of likely N-dealkylation sites (tertiary alicyclic amines) is 1. The fourth-order valence-electron chi connectivity index (χ4n) is 5.31. The molecule has 3 aromatic rings. The lowest BCUT2D eigenvalue weighted by molar-refractivity contribution is -0.129. The second-order valence-electron chi connectivity index (χ2n) is 10.2. The highest BCUT2D eigenvalue weighted by molar-refractivity contribution is 5.97. The van der Waals surface area contributed by atoms with E-state index in [9.17, 15) is 9.59 Å². The Bertz CT molecular complexity index is 1190. The van der Waals surface area contributed by atoms with Crippen molar-refractivity contribution in [3.05, 3.63) is 89.5 Å². The molecule has 1 fully saturated rings. The SMILES string of the molecule is CC(C)Cc1ccccc1Nc1ccc(NC(=O)C2CC(=O)N(C3Cc4ccccc4C3)C2)cc1. The van der Waals surface area contributed by atoms with Crippen LogP contribution in [0.3, 0.4) is 0 Å². The number of anilines is 3. The van der Waals surface area contributed by atoms with Gasteiger partial charge in [-0.2, -0.15) is 0 Å². The predicted molar refractivity (Wildman–Crippen MR) is 141 cm³/mol. The molecule has 1 atom stereocenters. The van der Waals surface area contributed by atoms with Gasteiger partial charge in [-0.05, 0) is 72.2 Å². The van der Waals surface area contributed by atoms with E-state index < -0.39 is 0 Å². The van der Waals surface area contributed by atoms with Crippen molar-refractivity contribution in [2.45, 2.75) is 45.6 Å². The van der Waals surface area contributed by atoms with Crippen molar-refractivity contribution in [2.24, 2.45) is 11.8 Å². The molecule has 5 nitrogen and oxygen atoms in total. The molecule has 3 aromatic carbocycles. The van der Waals surface area contributed by atoms with Crippen molar-refractivity contribution in [1.29, 1.82) is 0 Å². The largest absolute Gasteiger partial charge is 0.355 e. The summed E-state index contributed by atoms with van der Waals surface area (Å²) in [6, 6.07) is 24.7. The lowest BCUT2D eigenvalue weighted by Crippen LogP contribution is -2.38. The third kappa shape index (κ3) is 5.24. The number of nitrogens with one attached hydrogen (secondary N) is 2. The third-order valence-corrected chi connectivity index (χ3v) is 7.08. The van der Waals surface area contributed by atoms with Crippen molar-refractivity contribution < 1.29 is 9.59 Å². The van der Waals surface area contributed by atoms with E-state index in [4.69, 9.17) is 0 Å². The highest BCUT2D eigenvalue weighted by atomic mass is 16.2. The molecule has 5 heteroatoms. The van der Waals surface area contributed by atoms with E-state index in [1.807, 2.05) is 35.2 Å². The standard InChI is InChI=1S/C30H33N3O2/c1-20(2)15-23-9-5-6-10-28(23)31-25-11-13-26(14-12-25)32-30(35)24-18-29(34)33(19-24)27-16-21-7-3-4-8-22(21)17-27/h3-14,20,24,27,31H,15-19H2,1-2H3,(H,32,35). The zero-order chi connectivity index (χ0) is 24.4. The van der Waals surface area contributed by atoms with E-state index in [0.29, 0.717) is 12.5 Å². The molecule has 0 spiro atoms. The van der Waals surface area contributed by atoms with E-state index in [1.165, 1.54) is 16.7 Å². The van der Waals surface area contributed by atoms with Crippen LogP contribution in [0, 0.1) is 11.8 Å². The van der Waals surface area contributed by atoms with Crippen LogP contribution in [0.25, 0.3) is 0 Å². The molecule has 0 saturated carbocycles. The quantitative estimate of drug-likeness (QED) is 0.477. The number of hydrogen-bond donors (Lipinski definition) is 2. The van der Waals surface area contributed by atoms with Crippen LogP contribution in [0.15, 0.2) is 72.8 Å². The molecule has 0 radical (unpaired) electrons. The van der Waals surface area contributed by atoms with E-state index in [-0.39, 0.29) is 30.2 Å². The summed E-state index contributed by atoms with van der Waals surface area (Å²) in [4.78, 5) is 27.6. The van der Waals surface area contributed by atoms with Gasteiger partial charge in [0, 0.05) is 36.1 Å². The molecule has 2 N–H and O–H groups in total. The van der Waals surface area contributed by atoms with Gasteiger partial charge in [0.05, 0.1) is 5.92 Å². The minimum atomic E-state index is -0.313. The van der Waals surface area contributed by atoms with E-state index in [0.717, 1.165) is 36.3 Å². The van der Waals surface area contributed by atoms with Crippen LogP contribution < -0.4 is 10.6 Å². The first-order valence-electron chi connectivity index (χ1n) is 12.6. The van der Waals surface area contributed by atoms with Gasteiger partial charge in [-0.1, -0.05) is 56.3 Å². The first-order chi connectivity index (χ1) is 17.0. The van der Waals surface area contributed by atoms with Crippen LogP contribution in [0.2, 0.25) is 0 Å². The highest BCUT2D eigenvalue weighted by Gasteiger charge is 2.39. The van der Waals surface area contributed by atoms with Crippen LogP contribution >= 0.6 is 0 Å². The summed E-state index contributed by atoms with van der Waals surface area (Å²) in [5, 5.41) is 6.52. The maximum absolute atomic E-state index is 13.0. The predicted octanol–water partition coefficient (Wildman–Crippen LogP) is 5.58. The van der Waals surface area contributed by atoms with Crippen LogP contribution in [0.5, 0.6) is 0 Å². The summed E-state index contributed by atoms with van der Waals surface area (Å²) in [5.41, 5.74) is 6.76. The van der Waals surface area contributed by atoms with Gasteiger partial charge >= 0.3 is 0 Å². The minimum Gasteiger partial charge on any atom is -0.355 e. The summed E-state index contributed by atoms with van der Waals surface area (Å²) >= 11 is 0. The Hall–Kier alpha value is -3.60. The first kappa shape index (κ1) is 23.2. The Labute approximate surface area is 207 Å². The Morgan fingerprint density at radius 1 is 0.886 bits per heavy atom. The van der Waals surface area contributed by atoms with Gasteiger partial charge in [-0.15, -0.1) is 0 Å². The second kappa shape index (κ2) is 9.95. The molecule has 1 aliphatic heterocycles. The molecule has 1 heterocycles. The fourth-order valence-corrected chi connectivity index (χ4v) is 5.31.